The maximum atomic E-state index is 13.5. The number of nitrogens with zero attached hydrogens (tertiary/aromatic N) is 2. The molecule has 0 atom stereocenters. The molecule has 8 heteroatoms. The van der Waals surface area contributed by atoms with Crippen LogP contribution in [0.4, 0.5) is 5.69 Å². The highest BCUT2D eigenvalue weighted by Crippen LogP contribution is 2.36. The summed E-state index contributed by atoms with van der Waals surface area (Å²) in [6.45, 7) is 10.1. The average Bonchev–Trinajstić information content (AvgIpc) is 3.16. The lowest BCUT2D eigenvalue weighted by molar-refractivity contribution is 0.128. The van der Waals surface area contributed by atoms with Gasteiger partial charge in [-0.15, -0.1) is 0 Å². The smallest absolute Gasteiger partial charge is 0.208 e. The Morgan fingerprint density at radius 3 is 2.39 bits per heavy atom. The number of fused-ring (bicyclic) bond motifs is 1. The number of aromatic nitrogens is 1. The number of H-pyrrole nitrogens is 1. The molecular weight excluding hydrogens is 478 g/mol. The van der Waals surface area contributed by atoms with Crippen LogP contribution >= 0.6 is 15.9 Å². The Kier molecular flexibility index (Phi) is 5.83. The predicted octanol–water partition coefficient (Wildman–Crippen LogP) is 4.69. The molecule has 4 rings (SSSR count). The Morgan fingerprint density at radius 1 is 1.03 bits per heavy atom. The van der Waals surface area contributed by atoms with Crippen LogP contribution in [0.1, 0.15) is 20.8 Å². The fourth-order valence-corrected chi connectivity index (χ4v) is 5.93. The van der Waals surface area contributed by atoms with Gasteiger partial charge in [0.2, 0.25) is 9.84 Å². The molecule has 2 heterocycles. The Balaban J connectivity index is 1.70. The molecule has 1 N–H and O–H groups in total. The van der Waals surface area contributed by atoms with Crippen molar-refractivity contribution in [2.75, 3.05) is 38.2 Å². The zero-order valence-corrected chi connectivity index (χ0v) is 20.7. The first-order valence-corrected chi connectivity index (χ1v) is 12.6. The molecule has 1 aromatic heterocycles. The van der Waals surface area contributed by atoms with E-state index >= 15 is 0 Å². The Morgan fingerprint density at radius 2 is 1.74 bits per heavy atom. The van der Waals surface area contributed by atoms with Crippen LogP contribution in [0.25, 0.3) is 10.9 Å². The number of nitrogens with one attached hydrogen (secondary N) is 1. The molecule has 1 aliphatic heterocycles. The summed E-state index contributed by atoms with van der Waals surface area (Å²) in [5, 5.41) is 0.680. The quantitative estimate of drug-likeness (QED) is 0.556. The summed E-state index contributed by atoms with van der Waals surface area (Å²) in [5.74, 6) is 0.686. The number of aromatic amines is 1. The highest BCUT2D eigenvalue weighted by atomic mass is 79.9. The molecule has 0 spiro atoms. The Hall–Kier alpha value is -2.03. The maximum absolute atomic E-state index is 13.5. The minimum absolute atomic E-state index is 0.117. The van der Waals surface area contributed by atoms with Crippen molar-refractivity contribution in [3.8, 4) is 5.75 Å². The molecule has 0 saturated carbocycles. The lowest BCUT2D eigenvalue weighted by Gasteiger charge is -2.43. The molecule has 166 valence electrons. The van der Waals surface area contributed by atoms with Gasteiger partial charge < -0.3 is 14.6 Å². The highest BCUT2D eigenvalue weighted by molar-refractivity contribution is 9.10. The summed E-state index contributed by atoms with van der Waals surface area (Å²) in [6, 6.07) is 10.7. The zero-order chi connectivity index (χ0) is 22.4. The number of rotatable bonds is 4. The second kappa shape index (κ2) is 8.15. The largest absolute Gasteiger partial charge is 0.495 e. The molecule has 31 heavy (non-hydrogen) atoms. The number of benzene rings is 2. The third-order valence-electron chi connectivity index (χ3n) is 5.93. The number of methoxy groups -OCH3 is 1. The van der Waals surface area contributed by atoms with Crippen molar-refractivity contribution in [3.05, 3.63) is 47.1 Å². The Labute approximate surface area is 192 Å². The van der Waals surface area contributed by atoms with Gasteiger partial charge in [-0.2, -0.15) is 0 Å². The lowest BCUT2D eigenvalue weighted by Crippen LogP contribution is -2.53. The monoisotopic (exact) mass is 505 g/mol. The summed E-state index contributed by atoms with van der Waals surface area (Å²) in [4.78, 5) is 8.28. The molecule has 6 nitrogen and oxygen atoms in total. The highest BCUT2D eigenvalue weighted by Gasteiger charge is 2.29. The van der Waals surface area contributed by atoms with Crippen LogP contribution in [0.2, 0.25) is 0 Å². The van der Waals surface area contributed by atoms with Crippen molar-refractivity contribution in [1.29, 1.82) is 0 Å². The summed E-state index contributed by atoms with van der Waals surface area (Å²) in [6.07, 6.45) is 1.57. The molecule has 0 bridgehead atoms. The van der Waals surface area contributed by atoms with Gasteiger partial charge in [-0.1, -0.05) is 22.0 Å². The van der Waals surface area contributed by atoms with E-state index in [1.54, 1.807) is 31.5 Å². The van der Waals surface area contributed by atoms with Crippen molar-refractivity contribution >= 4 is 42.4 Å². The van der Waals surface area contributed by atoms with Crippen molar-refractivity contribution in [2.24, 2.45) is 0 Å². The number of sulfone groups is 1. The Bertz CT molecular complexity index is 1210. The molecule has 1 fully saturated rings. The van der Waals surface area contributed by atoms with Crippen LogP contribution in [0.5, 0.6) is 5.75 Å². The van der Waals surface area contributed by atoms with E-state index in [1.807, 2.05) is 18.2 Å². The van der Waals surface area contributed by atoms with E-state index in [9.17, 15) is 8.42 Å². The fraction of sp³-hybridized carbons (Fsp3) is 0.391. The lowest BCUT2D eigenvalue weighted by atomic mass is 10.0. The number of anilines is 1. The molecule has 1 aliphatic rings. The fourth-order valence-electron chi connectivity index (χ4n) is 4.12. The van der Waals surface area contributed by atoms with Crippen LogP contribution in [0.15, 0.2) is 56.9 Å². The van der Waals surface area contributed by atoms with Crippen LogP contribution in [-0.4, -0.2) is 57.1 Å². The summed E-state index contributed by atoms with van der Waals surface area (Å²) in [7, 11) is -2.07. The van der Waals surface area contributed by atoms with E-state index in [4.69, 9.17) is 4.74 Å². The standard InChI is InChI=1S/C23H28BrN3O3S/c1-23(2,3)27-11-9-26(10-12-27)20-14-17(6-8-21(20)30-4)31(28,29)22-15-25-19-13-16(24)5-7-18(19)22/h5-8,13-15,25H,9-12H2,1-4H3. The number of halogens is 1. The number of ether oxygens (including phenoxy) is 1. The van der Waals surface area contributed by atoms with Gasteiger partial charge in [0.15, 0.2) is 0 Å². The van der Waals surface area contributed by atoms with Gasteiger partial charge >= 0.3 is 0 Å². The minimum Gasteiger partial charge on any atom is -0.495 e. The second-order valence-electron chi connectivity index (χ2n) is 8.82. The maximum Gasteiger partial charge on any atom is 0.208 e. The predicted molar refractivity (Wildman–Crippen MR) is 128 cm³/mol. The van der Waals surface area contributed by atoms with Crippen molar-refractivity contribution in [1.82, 2.24) is 9.88 Å². The van der Waals surface area contributed by atoms with E-state index in [2.05, 4.69) is 51.5 Å². The van der Waals surface area contributed by atoms with E-state index < -0.39 is 9.84 Å². The van der Waals surface area contributed by atoms with Crippen LogP contribution in [0.3, 0.4) is 0 Å². The molecule has 1 saturated heterocycles. The van der Waals surface area contributed by atoms with Crippen LogP contribution < -0.4 is 9.64 Å². The van der Waals surface area contributed by atoms with Gasteiger partial charge in [0, 0.05) is 53.3 Å². The topological polar surface area (TPSA) is 65.6 Å². The van der Waals surface area contributed by atoms with Gasteiger partial charge in [0.1, 0.15) is 5.75 Å². The third kappa shape index (κ3) is 4.21. The normalized spacial score (nSPS) is 16.1. The number of hydrogen-bond donors (Lipinski definition) is 1. The third-order valence-corrected chi connectivity index (χ3v) is 8.21. The minimum atomic E-state index is -3.69. The SMILES string of the molecule is COc1ccc(S(=O)(=O)c2c[nH]c3cc(Br)ccc23)cc1N1CCN(C(C)(C)C)CC1. The van der Waals surface area contributed by atoms with E-state index in [1.165, 1.54) is 0 Å². The average molecular weight is 506 g/mol. The van der Waals surface area contributed by atoms with E-state index in [0.29, 0.717) is 11.1 Å². The van der Waals surface area contributed by atoms with Crippen LogP contribution in [-0.2, 0) is 9.84 Å². The van der Waals surface area contributed by atoms with Crippen molar-refractivity contribution in [2.45, 2.75) is 36.1 Å². The second-order valence-corrected chi connectivity index (χ2v) is 11.7. The molecule has 0 amide bonds. The number of piperazine rings is 1. The first-order valence-electron chi connectivity index (χ1n) is 10.3. The van der Waals surface area contributed by atoms with Gasteiger partial charge in [0.25, 0.3) is 0 Å². The van der Waals surface area contributed by atoms with Crippen molar-refractivity contribution < 1.29 is 13.2 Å². The van der Waals surface area contributed by atoms with Crippen molar-refractivity contribution in [3.63, 3.8) is 0 Å². The van der Waals surface area contributed by atoms with Gasteiger partial charge in [-0.25, -0.2) is 8.42 Å². The van der Waals surface area contributed by atoms with Gasteiger partial charge in [-0.3, -0.25) is 4.90 Å². The first-order chi connectivity index (χ1) is 14.6. The molecule has 0 radical (unpaired) electrons. The first kappa shape index (κ1) is 22.2. The summed E-state index contributed by atoms with van der Waals surface area (Å²) in [5.41, 5.74) is 1.71. The molecule has 0 unspecified atom stereocenters. The number of hydrogen-bond acceptors (Lipinski definition) is 5. The zero-order valence-electron chi connectivity index (χ0n) is 18.3. The van der Waals surface area contributed by atoms with Crippen LogP contribution in [0, 0.1) is 0 Å². The van der Waals surface area contributed by atoms with Gasteiger partial charge in [-0.05, 0) is 51.1 Å². The summed E-state index contributed by atoms with van der Waals surface area (Å²) >= 11 is 3.43. The molecule has 0 aliphatic carbocycles. The van der Waals surface area contributed by atoms with Gasteiger partial charge in [0.05, 0.1) is 22.6 Å². The molecule has 2 aromatic carbocycles. The van der Waals surface area contributed by atoms with E-state index in [0.717, 1.165) is 41.9 Å². The summed E-state index contributed by atoms with van der Waals surface area (Å²) < 4.78 is 33.5. The molecule has 3 aromatic rings. The molecular formula is C23H28BrN3O3S. The van der Waals surface area contributed by atoms with E-state index in [-0.39, 0.29) is 15.3 Å².